The Kier molecular flexibility index (Phi) is 17.2. The predicted octanol–water partition coefficient (Wildman–Crippen LogP) is 9.90. The molecule has 0 saturated carbocycles. The SMILES string of the molecule is C=O.CCC(=Nc1ccc(C)cc1)c1cc(S)ccc1OC.CCN(c1ccc(C)cc1)c1cc(C)ccc1C.CP. The number of thiol groups is 1. The van der Waals surface area contributed by atoms with Crippen molar-refractivity contribution in [3.8, 4) is 5.75 Å². The highest BCUT2D eigenvalue weighted by Gasteiger charge is 2.11. The number of anilines is 2. The van der Waals surface area contributed by atoms with Gasteiger partial charge < -0.3 is 14.4 Å². The number of aliphatic imine (C=N–C) groups is 1. The normalized spacial score (nSPS) is 10.2. The lowest BCUT2D eigenvalue weighted by atomic mass is 10.1. The van der Waals surface area contributed by atoms with Crippen molar-refractivity contribution in [2.24, 2.45) is 4.99 Å². The quantitative estimate of drug-likeness (QED) is 0.130. The summed E-state index contributed by atoms with van der Waals surface area (Å²) in [5.74, 6) is 0.829. The standard InChI is InChI=1S/C17H19NOS.C17H21N.CH2O.CH5P/c1-4-16(18-13-7-5-12(2)6-8-13)15-11-14(20)9-10-17(15)19-3;1-5-18(16-10-7-13(2)8-11-16)17-12-14(3)6-9-15(17)4;2*1-2/h5-11,20H,4H2,1-3H3;6-12H,5H2,1-4H3;1H2;2H2,1H3. The first-order valence-electron chi connectivity index (χ1n) is 14.0. The first-order chi connectivity index (χ1) is 20.2. The van der Waals surface area contributed by atoms with Crippen LogP contribution in [0.25, 0.3) is 0 Å². The lowest BCUT2D eigenvalue weighted by molar-refractivity contribution is -0.0980. The van der Waals surface area contributed by atoms with Crippen LogP contribution in [0.1, 0.15) is 48.1 Å². The van der Waals surface area contributed by atoms with Gasteiger partial charge in [0.2, 0.25) is 0 Å². The minimum Gasteiger partial charge on any atom is -0.496 e. The van der Waals surface area contributed by atoms with Crippen LogP contribution in [-0.4, -0.2) is 32.8 Å². The molecule has 0 heterocycles. The summed E-state index contributed by atoms with van der Waals surface area (Å²) in [5.41, 5.74) is 10.7. The van der Waals surface area contributed by atoms with Gasteiger partial charge in [-0.3, -0.25) is 4.99 Å². The molecule has 0 fully saturated rings. The summed E-state index contributed by atoms with van der Waals surface area (Å²) in [7, 11) is 4.09. The minimum atomic E-state index is 0.829. The molecule has 0 bridgehead atoms. The highest BCUT2D eigenvalue weighted by Crippen LogP contribution is 2.29. The Morgan fingerprint density at radius 1 is 0.810 bits per heavy atom. The van der Waals surface area contributed by atoms with E-state index in [-0.39, 0.29) is 0 Å². The number of carbonyl (C=O) groups is 1. The molecule has 0 radical (unpaired) electrons. The van der Waals surface area contributed by atoms with Crippen LogP contribution in [0.5, 0.6) is 5.75 Å². The summed E-state index contributed by atoms with van der Waals surface area (Å²) in [6.07, 6.45) is 0.835. The maximum absolute atomic E-state index is 8.00. The van der Waals surface area contributed by atoms with Gasteiger partial charge in [0.05, 0.1) is 18.5 Å². The van der Waals surface area contributed by atoms with Gasteiger partial charge in [0.15, 0.2) is 0 Å². The van der Waals surface area contributed by atoms with Gasteiger partial charge in [-0.1, -0.05) is 61.1 Å². The molecule has 0 spiro atoms. The summed E-state index contributed by atoms with van der Waals surface area (Å²) in [4.78, 5) is 16.0. The molecule has 224 valence electrons. The lowest BCUT2D eigenvalue weighted by Gasteiger charge is -2.25. The van der Waals surface area contributed by atoms with E-state index in [0.29, 0.717) is 0 Å². The second kappa shape index (κ2) is 19.7. The molecule has 4 nitrogen and oxygen atoms in total. The number of rotatable bonds is 7. The van der Waals surface area contributed by atoms with E-state index in [1.165, 1.54) is 33.6 Å². The van der Waals surface area contributed by atoms with Crippen molar-refractivity contribution >= 4 is 51.4 Å². The van der Waals surface area contributed by atoms with Gasteiger partial charge in [0.1, 0.15) is 12.5 Å². The van der Waals surface area contributed by atoms with Crippen LogP contribution in [0.15, 0.2) is 94.8 Å². The number of hydrogen-bond acceptors (Lipinski definition) is 5. The molecule has 42 heavy (non-hydrogen) atoms. The fraction of sp³-hybridized carbons (Fsp3) is 0.278. The topological polar surface area (TPSA) is 41.9 Å². The molecule has 0 amide bonds. The maximum atomic E-state index is 8.00. The summed E-state index contributed by atoms with van der Waals surface area (Å²) in [5, 5.41) is 0. The molecule has 0 aliphatic carbocycles. The van der Waals surface area contributed by atoms with Gasteiger partial charge in [-0.2, -0.15) is 0 Å². The average Bonchev–Trinajstić information content (AvgIpc) is 3.02. The Balaban J connectivity index is 0.000000377. The first kappa shape index (κ1) is 36.6. The molecule has 4 rings (SSSR count). The van der Waals surface area contributed by atoms with E-state index in [4.69, 9.17) is 14.5 Å². The van der Waals surface area contributed by atoms with Crippen molar-refractivity contribution in [3.63, 3.8) is 0 Å². The van der Waals surface area contributed by atoms with Crippen molar-refractivity contribution in [2.45, 2.75) is 52.9 Å². The molecule has 1 atom stereocenters. The monoisotopic (exact) mass is 602 g/mol. The van der Waals surface area contributed by atoms with Gasteiger partial charge in [-0.25, -0.2) is 0 Å². The average molecular weight is 603 g/mol. The van der Waals surface area contributed by atoms with E-state index in [1.807, 2.05) is 43.8 Å². The molecule has 6 heteroatoms. The third kappa shape index (κ3) is 11.1. The molecule has 1 unspecified atom stereocenters. The van der Waals surface area contributed by atoms with Crippen LogP contribution >= 0.6 is 21.9 Å². The zero-order valence-electron chi connectivity index (χ0n) is 26.4. The molecule has 4 aromatic rings. The summed E-state index contributed by atoms with van der Waals surface area (Å²) >= 11 is 4.40. The van der Waals surface area contributed by atoms with Gasteiger partial charge in [0.25, 0.3) is 0 Å². The van der Waals surface area contributed by atoms with E-state index < -0.39 is 0 Å². The third-order valence-corrected chi connectivity index (χ3v) is 6.72. The molecule has 0 aliphatic heterocycles. The number of ether oxygens (including phenoxy) is 1. The Bertz CT molecular complexity index is 1390. The molecule has 0 saturated heterocycles. The zero-order chi connectivity index (χ0) is 31.7. The van der Waals surface area contributed by atoms with Gasteiger partial charge in [-0.05, 0) is 101 Å². The van der Waals surface area contributed by atoms with Crippen molar-refractivity contribution in [3.05, 3.63) is 113 Å². The van der Waals surface area contributed by atoms with Crippen LogP contribution in [0.4, 0.5) is 17.1 Å². The summed E-state index contributed by atoms with van der Waals surface area (Å²) in [6, 6.07) is 29.4. The molecule has 4 aromatic carbocycles. The highest BCUT2D eigenvalue weighted by molar-refractivity contribution is 7.80. The Hall–Kier alpha value is -3.40. The molecule has 0 aromatic heterocycles. The Morgan fingerprint density at radius 3 is 1.88 bits per heavy atom. The summed E-state index contributed by atoms with van der Waals surface area (Å²) < 4.78 is 5.43. The van der Waals surface area contributed by atoms with Crippen molar-refractivity contribution in [1.82, 2.24) is 0 Å². The van der Waals surface area contributed by atoms with E-state index >= 15 is 0 Å². The molecular formula is C36H47N2O2PS. The molecule has 0 N–H and O–H groups in total. The fourth-order valence-electron chi connectivity index (χ4n) is 4.25. The number of benzene rings is 4. The van der Waals surface area contributed by atoms with Gasteiger partial charge >= 0.3 is 0 Å². The lowest BCUT2D eigenvalue weighted by Crippen LogP contribution is -2.17. The smallest absolute Gasteiger partial charge is 0.127 e. The molecule has 0 aliphatic rings. The Morgan fingerprint density at radius 2 is 1.36 bits per heavy atom. The van der Waals surface area contributed by atoms with Crippen LogP contribution in [0, 0.1) is 27.7 Å². The third-order valence-electron chi connectivity index (χ3n) is 6.44. The number of hydrogen-bond donors (Lipinski definition) is 1. The second-order valence-electron chi connectivity index (χ2n) is 9.50. The van der Waals surface area contributed by atoms with E-state index in [9.17, 15) is 0 Å². The second-order valence-corrected chi connectivity index (χ2v) is 10.0. The van der Waals surface area contributed by atoms with Crippen molar-refractivity contribution < 1.29 is 9.53 Å². The zero-order valence-corrected chi connectivity index (χ0v) is 28.5. The van der Waals surface area contributed by atoms with Gasteiger partial charge in [0, 0.05) is 28.4 Å². The van der Waals surface area contributed by atoms with E-state index in [1.54, 1.807) is 7.11 Å². The predicted molar refractivity (Wildman–Crippen MR) is 190 cm³/mol. The van der Waals surface area contributed by atoms with Crippen molar-refractivity contribution in [1.29, 1.82) is 0 Å². The number of carbonyl (C=O) groups excluding carboxylic acids is 1. The van der Waals surface area contributed by atoms with Crippen LogP contribution in [0.3, 0.4) is 0 Å². The van der Waals surface area contributed by atoms with E-state index in [2.05, 4.69) is 123 Å². The van der Waals surface area contributed by atoms with Gasteiger partial charge in [-0.15, -0.1) is 21.9 Å². The van der Waals surface area contributed by atoms with Crippen LogP contribution < -0.4 is 9.64 Å². The summed E-state index contributed by atoms with van der Waals surface area (Å²) in [6.45, 7) is 17.7. The number of aryl methyl sites for hydroxylation is 4. The molecular weight excluding hydrogens is 555 g/mol. The largest absolute Gasteiger partial charge is 0.496 e. The van der Waals surface area contributed by atoms with E-state index in [0.717, 1.165) is 40.6 Å². The van der Waals surface area contributed by atoms with Crippen molar-refractivity contribution in [2.75, 3.05) is 25.2 Å². The minimum absolute atomic E-state index is 0.829. The fourth-order valence-corrected chi connectivity index (χ4v) is 4.46. The Labute approximate surface area is 261 Å². The van der Waals surface area contributed by atoms with Crippen LogP contribution in [0.2, 0.25) is 0 Å². The van der Waals surface area contributed by atoms with Crippen LogP contribution in [-0.2, 0) is 4.79 Å². The highest BCUT2D eigenvalue weighted by atomic mass is 32.1. The number of nitrogens with zero attached hydrogens (tertiary/aromatic N) is 2. The maximum Gasteiger partial charge on any atom is 0.127 e. The number of methoxy groups -OCH3 is 1. The first-order valence-corrected chi connectivity index (χ1v) is 15.7.